The number of ether oxygens (including phenoxy) is 1. The van der Waals surface area contributed by atoms with E-state index in [-0.39, 0.29) is 0 Å². The van der Waals surface area contributed by atoms with E-state index in [9.17, 15) is 0 Å². The Morgan fingerprint density at radius 3 is 2.56 bits per heavy atom. The van der Waals surface area contributed by atoms with Gasteiger partial charge in [0.1, 0.15) is 5.75 Å². The maximum absolute atomic E-state index is 5.42. The zero-order chi connectivity index (χ0) is 11.4. The summed E-state index contributed by atoms with van der Waals surface area (Å²) in [6.07, 6.45) is 0. The van der Waals surface area contributed by atoms with Gasteiger partial charge < -0.3 is 15.4 Å². The second-order valence-electron chi connectivity index (χ2n) is 4.25. The van der Waals surface area contributed by atoms with Crippen LogP contribution in [0.1, 0.15) is 25.5 Å². The molecular weight excluding hydrogens is 200 g/mol. The standard InChI is InChI=1S/C13H20N2O/c1-3-16-13-6-4-11(5-7-13)10(2)15-12-8-14-9-12/h4-7,10,12,14-15H,3,8-9H2,1-2H3. The van der Waals surface area contributed by atoms with Gasteiger partial charge in [-0.25, -0.2) is 0 Å². The van der Waals surface area contributed by atoms with E-state index in [1.165, 1.54) is 5.56 Å². The molecule has 2 rings (SSSR count). The Balaban J connectivity index is 1.91. The molecule has 0 saturated carbocycles. The van der Waals surface area contributed by atoms with Gasteiger partial charge in [0.15, 0.2) is 0 Å². The summed E-state index contributed by atoms with van der Waals surface area (Å²) in [7, 11) is 0. The van der Waals surface area contributed by atoms with Gasteiger partial charge in [-0.3, -0.25) is 0 Å². The van der Waals surface area contributed by atoms with E-state index in [0.29, 0.717) is 12.1 Å². The van der Waals surface area contributed by atoms with Crippen LogP contribution in [0, 0.1) is 0 Å². The largest absolute Gasteiger partial charge is 0.494 e. The van der Waals surface area contributed by atoms with Crippen molar-refractivity contribution in [1.29, 1.82) is 0 Å². The smallest absolute Gasteiger partial charge is 0.119 e. The molecule has 3 heteroatoms. The summed E-state index contributed by atoms with van der Waals surface area (Å²) in [6, 6.07) is 9.37. The van der Waals surface area contributed by atoms with Crippen LogP contribution in [0.3, 0.4) is 0 Å². The molecule has 0 spiro atoms. The molecule has 1 saturated heterocycles. The molecule has 2 N–H and O–H groups in total. The van der Waals surface area contributed by atoms with Gasteiger partial charge in [0.25, 0.3) is 0 Å². The highest BCUT2D eigenvalue weighted by Crippen LogP contribution is 2.18. The Morgan fingerprint density at radius 1 is 1.38 bits per heavy atom. The number of hydrogen-bond acceptors (Lipinski definition) is 3. The lowest BCUT2D eigenvalue weighted by atomic mass is 10.1. The van der Waals surface area contributed by atoms with Crippen LogP contribution < -0.4 is 15.4 Å². The fraction of sp³-hybridized carbons (Fsp3) is 0.538. The van der Waals surface area contributed by atoms with Crippen molar-refractivity contribution in [3.8, 4) is 5.75 Å². The number of hydrogen-bond donors (Lipinski definition) is 2. The second-order valence-corrected chi connectivity index (χ2v) is 4.25. The summed E-state index contributed by atoms with van der Waals surface area (Å²) < 4.78 is 5.42. The van der Waals surface area contributed by atoms with Crippen molar-refractivity contribution < 1.29 is 4.74 Å². The molecule has 1 fully saturated rings. The number of rotatable bonds is 5. The molecule has 16 heavy (non-hydrogen) atoms. The molecule has 0 amide bonds. The van der Waals surface area contributed by atoms with E-state index in [4.69, 9.17) is 4.74 Å². The molecule has 0 bridgehead atoms. The topological polar surface area (TPSA) is 33.3 Å². The zero-order valence-electron chi connectivity index (χ0n) is 9.99. The lowest BCUT2D eigenvalue weighted by Crippen LogP contribution is -2.55. The Kier molecular flexibility index (Phi) is 3.80. The van der Waals surface area contributed by atoms with Crippen LogP contribution in [0.4, 0.5) is 0 Å². The first-order valence-corrected chi connectivity index (χ1v) is 5.99. The van der Waals surface area contributed by atoms with E-state index in [1.54, 1.807) is 0 Å². The van der Waals surface area contributed by atoms with E-state index < -0.39 is 0 Å². The van der Waals surface area contributed by atoms with Gasteiger partial charge in [0.05, 0.1) is 6.61 Å². The molecular formula is C13H20N2O. The predicted octanol–water partition coefficient (Wildman–Crippen LogP) is 1.71. The molecule has 1 aromatic carbocycles. The molecule has 1 aliphatic heterocycles. The van der Waals surface area contributed by atoms with Crippen molar-refractivity contribution in [2.75, 3.05) is 19.7 Å². The van der Waals surface area contributed by atoms with E-state index in [0.717, 1.165) is 25.4 Å². The van der Waals surface area contributed by atoms with Crippen LogP contribution in [0.2, 0.25) is 0 Å². The minimum absolute atomic E-state index is 0.405. The lowest BCUT2D eigenvalue weighted by molar-refractivity contribution is 0.335. The van der Waals surface area contributed by atoms with Crippen LogP contribution >= 0.6 is 0 Å². The van der Waals surface area contributed by atoms with Gasteiger partial charge in [-0.05, 0) is 31.5 Å². The number of nitrogens with one attached hydrogen (secondary N) is 2. The molecule has 1 aromatic rings. The van der Waals surface area contributed by atoms with E-state index >= 15 is 0 Å². The van der Waals surface area contributed by atoms with Crippen LogP contribution in [-0.4, -0.2) is 25.7 Å². The monoisotopic (exact) mass is 220 g/mol. The second kappa shape index (κ2) is 5.32. The first-order valence-electron chi connectivity index (χ1n) is 5.99. The highest BCUT2D eigenvalue weighted by Gasteiger charge is 2.18. The first kappa shape index (κ1) is 11.4. The minimum Gasteiger partial charge on any atom is -0.494 e. The van der Waals surface area contributed by atoms with Crippen molar-refractivity contribution in [3.05, 3.63) is 29.8 Å². The Hall–Kier alpha value is -1.06. The van der Waals surface area contributed by atoms with Crippen molar-refractivity contribution in [1.82, 2.24) is 10.6 Å². The molecule has 3 nitrogen and oxygen atoms in total. The van der Waals surface area contributed by atoms with Crippen molar-refractivity contribution >= 4 is 0 Å². The van der Waals surface area contributed by atoms with Gasteiger partial charge in [0, 0.05) is 25.2 Å². The molecule has 1 atom stereocenters. The fourth-order valence-corrected chi connectivity index (χ4v) is 1.88. The maximum atomic E-state index is 5.42. The van der Waals surface area contributed by atoms with Crippen molar-refractivity contribution in [3.63, 3.8) is 0 Å². The first-order chi connectivity index (χ1) is 7.79. The highest BCUT2D eigenvalue weighted by atomic mass is 16.5. The average Bonchev–Trinajstić information content (AvgIpc) is 2.25. The van der Waals surface area contributed by atoms with Crippen molar-refractivity contribution in [2.24, 2.45) is 0 Å². The van der Waals surface area contributed by atoms with Gasteiger partial charge in [-0.2, -0.15) is 0 Å². The number of benzene rings is 1. The summed E-state index contributed by atoms with van der Waals surface area (Å²) in [5.41, 5.74) is 1.32. The SMILES string of the molecule is CCOc1ccc(C(C)NC2CNC2)cc1. The van der Waals surface area contributed by atoms with Gasteiger partial charge in [-0.1, -0.05) is 12.1 Å². The van der Waals surface area contributed by atoms with Crippen LogP contribution in [0.25, 0.3) is 0 Å². The molecule has 0 aromatic heterocycles. The Bertz CT molecular complexity index is 319. The highest BCUT2D eigenvalue weighted by molar-refractivity contribution is 5.29. The van der Waals surface area contributed by atoms with E-state index in [2.05, 4.69) is 29.7 Å². The molecule has 88 valence electrons. The maximum Gasteiger partial charge on any atom is 0.119 e. The molecule has 0 aliphatic carbocycles. The summed E-state index contributed by atoms with van der Waals surface area (Å²) in [4.78, 5) is 0. The van der Waals surface area contributed by atoms with Crippen LogP contribution in [0.15, 0.2) is 24.3 Å². The molecule has 1 heterocycles. The third kappa shape index (κ3) is 2.74. The third-order valence-electron chi connectivity index (χ3n) is 2.96. The minimum atomic E-state index is 0.405. The molecule has 0 radical (unpaired) electrons. The molecule has 1 aliphatic rings. The van der Waals surface area contributed by atoms with Gasteiger partial charge >= 0.3 is 0 Å². The molecule has 1 unspecified atom stereocenters. The summed E-state index contributed by atoms with van der Waals surface area (Å²) in [5.74, 6) is 0.948. The quantitative estimate of drug-likeness (QED) is 0.792. The zero-order valence-corrected chi connectivity index (χ0v) is 9.99. The lowest BCUT2D eigenvalue weighted by Gasteiger charge is -2.31. The average molecular weight is 220 g/mol. The van der Waals surface area contributed by atoms with E-state index in [1.807, 2.05) is 19.1 Å². The van der Waals surface area contributed by atoms with Crippen LogP contribution in [-0.2, 0) is 0 Å². The summed E-state index contributed by atoms with van der Waals surface area (Å²) in [6.45, 7) is 7.10. The predicted molar refractivity (Wildman–Crippen MR) is 65.8 cm³/mol. The normalized spacial score (nSPS) is 17.9. The summed E-state index contributed by atoms with van der Waals surface area (Å²) in [5, 5.41) is 6.84. The van der Waals surface area contributed by atoms with Crippen molar-refractivity contribution in [2.45, 2.75) is 25.9 Å². The Morgan fingerprint density at radius 2 is 2.06 bits per heavy atom. The van der Waals surface area contributed by atoms with Gasteiger partial charge in [-0.15, -0.1) is 0 Å². The fourth-order valence-electron chi connectivity index (χ4n) is 1.88. The van der Waals surface area contributed by atoms with Gasteiger partial charge in [0.2, 0.25) is 0 Å². The third-order valence-corrected chi connectivity index (χ3v) is 2.96. The Labute approximate surface area is 97.2 Å². The van der Waals surface area contributed by atoms with Crippen LogP contribution in [0.5, 0.6) is 5.75 Å². The summed E-state index contributed by atoms with van der Waals surface area (Å²) >= 11 is 0.